The Labute approximate surface area is 265 Å². The molecule has 0 spiro atoms. The van der Waals surface area contributed by atoms with Crippen LogP contribution >= 0.6 is 0 Å². The predicted molar refractivity (Wildman–Crippen MR) is 181 cm³/mol. The number of allylic oxidation sites excluding steroid dienone is 1. The highest BCUT2D eigenvalue weighted by Gasteiger charge is 2.59. The van der Waals surface area contributed by atoms with Crippen molar-refractivity contribution in [3.63, 3.8) is 0 Å². The van der Waals surface area contributed by atoms with Gasteiger partial charge in [-0.3, -0.25) is 4.79 Å². The number of carbonyl (C=O) groups is 1. The van der Waals surface area contributed by atoms with Gasteiger partial charge in [0.2, 0.25) is 0 Å². The lowest BCUT2D eigenvalue weighted by atomic mass is 9.47. The summed E-state index contributed by atoms with van der Waals surface area (Å²) in [5, 5.41) is 3.50. The summed E-state index contributed by atoms with van der Waals surface area (Å²) in [6.45, 7) is 14.8. The fourth-order valence-electron chi connectivity index (χ4n) is 10.5. The standard InChI is InChI=1S/C38H69N3O2/c1-27(2)12-10-13-28(3)32-17-18-33-31-16-15-29-26-30(19-21-37(29,4)34(31)20-22-38(32,33)5)43-36(42)35(14-11-24-40)41-25-9-7-6-8-23-39/h15,27-28,30-35,41H,6-14,16-26,39-40H2,1-5H3/t28-,30+,31+,32-,33+,34+,35+,37+,38-/m1/s1. The highest BCUT2D eigenvalue weighted by molar-refractivity contribution is 5.76. The van der Waals surface area contributed by atoms with Gasteiger partial charge in [0.15, 0.2) is 0 Å². The van der Waals surface area contributed by atoms with Crippen LogP contribution in [-0.4, -0.2) is 37.7 Å². The SMILES string of the molecule is CC(C)CCC[C@@H](C)[C@H]1CC[C@H]2[C@@H]3CC=C4C[C@@H](OC(=O)[C@H](CCCN)NCCCCCCN)CC[C@]4(C)[C@H]3CC[C@]12C. The second kappa shape index (κ2) is 16.1. The Morgan fingerprint density at radius 3 is 2.42 bits per heavy atom. The van der Waals surface area contributed by atoms with Crippen LogP contribution in [0, 0.1) is 46.3 Å². The number of hydrogen-bond acceptors (Lipinski definition) is 5. The highest BCUT2D eigenvalue weighted by atomic mass is 16.5. The molecule has 0 aromatic carbocycles. The summed E-state index contributed by atoms with van der Waals surface area (Å²) >= 11 is 0. The molecule has 5 nitrogen and oxygen atoms in total. The molecular formula is C38H69N3O2. The molecule has 4 rings (SSSR count). The lowest BCUT2D eigenvalue weighted by Crippen LogP contribution is -2.51. The number of hydrogen-bond donors (Lipinski definition) is 3. The Bertz CT molecular complexity index is 904. The van der Waals surface area contributed by atoms with Crippen LogP contribution in [0.2, 0.25) is 0 Å². The molecule has 0 heterocycles. The summed E-state index contributed by atoms with van der Waals surface area (Å²) in [4.78, 5) is 13.3. The van der Waals surface area contributed by atoms with E-state index in [2.05, 4.69) is 46.0 Å². The summed E-state index contributed by atoms with van der Waals surface area (Å²) in [5.41, 5.74) is 13.8. The van der Waals surface area contributed by atoms with Crippen molar-refractivity contribution < 1.29 is 9.53 Å². The first kappa shape index (κ1) is 35.0. The molecule has 5 heteroatoms. The van der Waals surface area contributed by atoms with Crippen LogP contribution in [0.4, 0.5) is 0 Å². The third kappa shape index (κ3) is 8.28. The molecule has 4 aliphatic rings. The van der Waals surface area contributed by atoms with Gasteiger partial charge in [0.1, 0.15) is 12.1 Å². The van der Waals surface area contributed by atoms with Gasteiger partial charge in [0.25, 0.3) is 0 Å². The van der Waals surface area contributed by atoms with E-state index in [4.69, 9.17) is 16.2 Å². The zero-order valence-electron chi connectivity index (χ0n) is 28.8. The summed E-state index contributed by atoms with van der Waals surface area (Å²) in [5.74, 6) is 5.06. The van der Waals surface area contributed by atoms with Gasteiger partial charge in [-0.15, -0.1) is 0 Å². The number of esters is 1. The second-order valence-corrected chi connectivity index (χ2v) is 16.2. The van der Waals surface area contributed by atoms with Gasteiger partial charge in [0.05, 0.1) is 0 Å². The van der Waals surface area contributed by atoms with Gasteiger partial charge < -0.3 is 21.5 Å². The Kier molecular flexibility index (Phi) is 13.1. The Morgan fingerprint density at radius 1 is 0.907 bits per heavy atom. The summed E-state index contributed by atoms with van der Waals surface area (Å²) in [7, 11) is 0. The zero-order chi connectivity index (χ0) is 31.0. The number of carbonyl (C=O) groups excluding carboxylic acids is 1. The van der Waals surface area contributed by atoms with Gasteiger partial charge in [-0.2, -0.15) is 0 Å². The van der Waals surface area contributed by atoms with Crippen molar-refractivity contribution in [3.05, 3.63) is 11.6 Å². The number of nitrogens with one attached hydrogen (secondary N) is 1. The van der Waals surface area contributed by atoms with E-state index in [0.29, 0.717) is 12.0 Å². The van der Waals surface area contributed by atoms with Gasteiger partial charge >= 0.3 is 5.97 Å². The van der Waals surface area contributed by atoms with E-state index in [1.54, 1.807) is 5.57 Å². The molecule has 0 unspecified atom stereocenters. The van der Waals surface area contributed by atoms with Crippen molar-refractivity contribution in [2.24, 2.45) is 57.8 Å². The van der Waals surface area contributed by atoms with Crippen LogP contribution in [0.3, 0.4) is 0 Å². The third-order valence-corrected chi connectivity index (χ3v) is 13.0. The smallest absolute Gasteiger partial charge is 0.323 e. The second-order valence-electron chi connectivity index (χ2n) is 16.2. The third-order valence-electron chi connectivity index (χ3n) is 13.0. The van der Waals surface area contributed by atoms with Crippen molar-refractivity contribution in [1.82, 2.24) is 5.32 Å². The molecule has 0 aliphatic heterocycles. The molecular weight excluding hydrogens is 530 g/mol. The molecule has 4 aliphatic carbocycles. The van der Waals surface area contributed by atoms with Crippen LogP contribution in [-0.2, 0) is 9.53 Å². The molecule has 0 bridgehead atoms. The number of nitrogens with two attached hydrogens (primary N) is 2. The molecule has 0 aromatic rings. The van der Waals surface area contributed by atoms with Crippen molar-refractivity contribution in [2.45, 2.75) is 156 Å². The topological polar surface area (TPSA) is 90.4 Å². The molecule has 5 N–H and O–H groups in total. The summed E-state index contributed by atoms with van der Waals surface area (Å²) in [6.07, 6.45) is 22.9. The molecule has 0 radical (unpaired) electrons. The van der Waals surface area contributed by atoms with Crippen molar-refractivity contribution in [1.29, 1.82) is 0 Å². The van der Waals surface area contributed by atoms with E-state index in [-0.39, 0.29) is 23.5 Å². The molecule has 43 heavy (non-hydrogen) atoms. The molecule has 248 valence electrons. The van der Waals surface area contributed by atoms with Crippen LogP contribution in [0.15, 0.2) is 11.6 Å². The fraction of sp³-hybridized carbons (Fsp3) is 0.921. The first-order valence-electron chi connectivity index (χ1n) is 18.7. The maximum atomic E-state index is 13.3. The minimum atomic E-state index is -0.241. The predicted octanol–water partition coefficient (Wildman–Crippen LogP) is 8.16. The molecule has 0 saturated heterocycles. The van der Waals surface area contributed by atoms with Crippen LogP contribution in [0.1, 0.15) is 144 Å². The molecule has 3 fully saturated rings. The van der Waals surface area contributed by atoms with E-state index >= 15 is 0 Å². The van der Waals surface area contributed by atoms with E-state index in [9.17, 15) is 4.79 Å². The quantitative estimate of drug-likeness (QED) is 0.0891. The van der Waals surface area contributed by atoms with Gasteiger partial charge in [-0.05, 0) is 137 Å². The summed E-state index contributed by atoms with van der Waals surface area (Å²) in [6, 6.07) is -0.241. The zero-order valence-corrected chi connectivity index (χ0v) is 28.8. The van der Waals surface area contributed by atoms with Crippen LogP contribution in [0.5, 0.6) is 0 Å². The van der Waals surface area contributed by atoms with Gasteiger partial charge in [0, 0.05) is 6.42 Å². The largest absolute Gasteiger partial charge is 0.461 e. The lowest BCUT2D eigenvalue weighted by Gasteiger charge is -2.58. The van der Waals surface area contributed by atoms with Crippen LogP contribution < -0.4 is 16.8 Å². The minimum Gasteiger partial charge on any atom is -0.461 e. The van der Waals surface area contributed by atoms with E-state index in [1.165, 1.54) is 57.8 Å². The fourth-order valence-corrected chi connectivity index (χ4v) is 10.5. The number of fused-ring (bicyclic) bond motifs is 5. The molecule has 0 aromatic heterocycles. The van der Waals surface area contributed by atoms with Gasteiger partial charge in [-0.25, -0.2) is 0 Å². The first-order valence-corrected chi connectivity index (χ1v) is 18.7. The monoisotopic (exact) mass is 600 g/mol. The Hall–Kier alpha value is -0.910. The molecule has 9 atom stereocenters. The lowest BCUT2D eigenvalue weighted by molar-refractivity contribution is -0.154. The Morgan fingerprint density at radius 2 is 1.67 bits per heavy atom. The van der Waals surface area contributed by atoms with E-state index in [1.807, 2.05) is 0 Å². The first-order chi connectivity index (χ1) is 20.6. The minimum absolute atomic E-state index is 0.0199. The number of ether oxygens (including phenoxy) is 1. The van der Waals surface area contributed by atoms with Crippen molar-refractivity contribution in [3.8, 4) is 0 Å². The maximum Gasteiger partial charge on any atom is 0.323 e. The number of rotatable bonds is 17. The normalized spacial score (nSPS) is 35.1. The van der Waals surface area contributed by atoms with Gasteiger partial charge in [-0.1, -0.05) is 78.4 Å². The van der Waals surface area contributed by atoms with Crippen LogP contribution in [0.25, 0.3) is 0 Å². The average Bonchev–Trinajstić information content (AvgIpc) is 3.33. The van der Waals surface area contributed by atoms with E-state index in [0.717, 1.165) is 100.0 Å². The molecule has 0 amide bonds. The summed E-state index contributed by atoms with van der Waals surface area (Å²) < 4.78 is 6.25. The van der Waals surface area contributed by atoms with Crippen molar-refractivity contribution >= 4 is 5.97 Å². The van der Waals surface area contributed by atoms with Crippen molar-refractivity contribution in [2.75, 3.05) is 19.6 Å². The molecule has 3 saturated carbocycles. The average molecular weight is 600 g/mol. The number of unbranched alkanes of at least 4 members (excludes halogenated alkanes) is 3. The Balaban J connectivity index is 1.34. The van der Waals surface area contributed by atoms with E-state index < -0.39 is 0 Å². The maximum absolute atomic E-state index is 13.3. The highest BCUT2D eigenvalue weighted by Crippen LogP contribution is 2.67.